The third kappa shape index (κ3) is 7.49. The van der Waals surface area contributed by atoms with E-state index in [4.69, 9.17) is 28.7 Å². The number of carbonyl (C=O) groups excluding carboxylic acids is 3. The van der Waals surface area contributed by atoms with E-state index in [1.807, 2.05) is 84.9 Å². The summed E-state index contributed by atoms with van der Waals surface area (Å²) in [5.41, 5.74) is 2.47. The maximum Gasteiger partial charge on any atom is 0.306 e. The Labute approximate surface area is 299 Å². The zero-order chi connectivity index (χ0) is 36.7. The molecule has 0 radical (unpaired) electrons. The van der Waals surface area contributed by atoms with E-state index in [0.29, 0.717) is 22.7 Å². The molecule has 2 N–H and O–H groups in total. The van der Waals surface area contributed by atoms with Crippen LogP contribution in [0.25, 0.3) is 11.2 Å². The Bertz CT molecular complexity index is 1950. The van der Waals surface area contributed by atoms with Gasteiger partial charge in [0, 0.05) is 13.3 Å². The average Bonchev–Trinajstić information content (AvgIpc) is 3.75. The Kier molecular flexibility index (Phi) is 11.2. The first-order valence-corrected chi connectivity index (χ1v) is 16.7. The number of anilines is 1. The average molecular weight is 710 g/mol. The van der Waals surface area contributed by atoms with Crippen molar-refractivity contribution >= 4 is 34.7 Å². The summed E-state index contributed by atoms with van der Waals surface area (Å²) in [6.07, 6.45) is -1.59. The molecule has 0 saturated carbocycles. The third-order valence-electron chi connectivity index (χ3n) is 8.81. The van der Waals surface area contributed by atoms with E-state index in [2.05, 4.69) is 15.3 Å². The molecule has 0 aliphatic carbocycles. The van der Waals surface area contributed by atoms with Crippen LogP contribution in [-0.2, 0) is 38.9 Å². The molecule has 1 aliphatic heterocycles. The molecule has 1 fully saturated rings. The topological polar surface area (TPSA) is 173 Å². The van der Waals surface area contributed by atoms with E-state index in [1.54, 1.807) is 11.7 Å². The highest BCUT2D eigenvalue weighted by Crippen LogP contribution is 2.42. The molecule has 1 aliphatic rings. The number of esters is 2. The van der Waals surface area contributed by atoms with Gasteiger partial charge in [0.05, 0.1) is 26.5 Å². The van der Waals surface area contributed by atoms with Crippen LogP contribution < -0.4 is 10.1 Å². The molecule has 3 aromatic carbocycles. The molecule has 0 amide bonds. The van der Waals surface area contributed by atoms with Crippen molar-refractivity contribution in [3.05, 3.63) is 114 Å². The number of methoxy groups -OCH3 is 1. The number of nitrogens with one attached hydrogen (secondary N) is 1. The van der Waals surface area contributed by atoms with Gasteiger partial charge >= 0.3 is 11.9 Å². The molecule has 14 nitrogen and oxygen atoms in total. The number of ketones is 1. The van der Waals surface area contributed by atoms with Gasteiger partial charge in [0.25, 0.3) is 0 Å². The molecular formula is C38H39N5O9. The van der Waals surface area contributed by atoms with Crippen LogP contribution in [0.3, 0.4) is 0 Å². The molecule has 0 spiro atoms. The zero-order valence-electron chi connectivity index (χ0n) is 28.9. The van der Waals surface area contributed by atoms with Crippen LogP contribution >= 0.6 is 0 Å². The van der Waals surface area contributed by atoms with Crippen LogP contribution in [0.5, 0.6) is 5.75 Å². The minimum Gasteiger partial charge on any atom is -0.497 e. The van der Waals surface area contributed by atoms with Crippen molar-refractivity contribution < 1.29 is 43.2 Å². The normalized spacial score (nSPS) is 18.5. The number of Topliss-reactive ketones (excluding diaryl/α,β-unsaturated/α-hetero) is 1. The number of aliphatic hydroxyl groups is 1. The third-order valence-corrected chi connectivity index (χ3v) is 8.81. The van der Waals surface area contributed by atoms with Crippen molar-refractivity contribution in [2.75, 3.05) is 25.8 Å². The number of hydrogen-bond acceptors (Lipinski definition) is 13. The van der Waals surface area contributed by atoms with Gasteiger partial charge in [0.15, 0.2) is 36.1 Å². The minimum atomic E-state index is -1.15. The molecular weight excluding hydrogens is 670 g/mol. The summed E-state index contributed by atoms with van der Waals surface area (Å²) in [5, 5.41) is 14.0. The molecule has 0 bridgehead atoms. The zero-order valence-corrected chi connectivity index (χ0v) is 28.9. The van der Waals surface area contributed by atoms with Gasteiger partial charge in [0.2, 0.25) is 0 Å². The quantitative estimate of drug-likeness (QED) is 0.0895. The SMILES string of the molecule is COc1ccc(C(Nc2ncnc3c2ncn3[C@@H]2O[C@H](CO)[C@@H](OCOC(C)=O)[C@H]2OC(=O)CCC(C)=O)(c2ccccc2)c2ccccc2)cc1. The Morgan fingerprint density at radius 2 is 1.52 bits per heavy atom. The second kappa shape index (κ2) is 16.1. The molecule has 2 aromatic heterocycles. The van der Waals surface area contributed by atoms with Crippen LogP contribution in [0.4, 0.5) is 5.82 Å². The first kappa shape index (κ1) is 36.1. The predicted molar refractivity (Wildman–Crippen MR) is 187 cm³/mol. The second-order valence-corrected chi connectivity index (χ2v) is 12.2. The highest BCUT2D eigenvalue weighted by atomic mass is 16.7. The first-order valence-electron chi connectivity index (χ1n) is 16.7. The van der Waals surface area contributed by atoms with Crippen LogP contribution in [0.2, 0.25) is 0 Å². The van der Waals surface area contributed by atoms with Crippen molar-refractivity contribution in [1.82, 2.24) is 19.5 Å². The van der Waals surface area contributed by atoms with E-state index in [9.17, 15) is 19.5 Å². The van der Waals surface area contributed by atoms with Crippen LogP contribution in [0.15, 0.2) is 97.6 Å². The van der Waals surface area contributed by atoms with Crippen LogP contribution in [0.1, 0.15) is 49.6 Å². The summed E-state index contributed by atoms with van der Waals surface area (Å²) < 4.78 is 29.9. The van der Waals surface area contributed by atoms with Gasteiger partial charge < -0.3 is 38.9 Å². The number of aromatic nitrogens is 4. The predicted octanol–water partition coefficient (Wildman–Crippen LogP) is 4.32. The van der Waals surface area contributed by atoms with Crippen LogP contribution in [-0.4, -0.2) is 81.2 Å². The fourth-order valence-corrected chi connectivity index (χ4v) is 6.33. The number of imidazole rings is 1. The molecule has 270 valence electrons. The van der Waals surface area contributed by atoms with Crippen molar-refractivity contribution in [3.63, 3.8) is 0 Å². The number of carbonyl (C=O) groups is 3. The highest BCUT2D eigenvalue weighted by Gasteiger charge is 2.49. The smallest absolute Gasteiger partial charge is 0.306 e. The summed E-state index contributed by atoms with van der Waals surface area (Å²) in [6, 6.07) is 27.7. The fourth-order valence-electron chi connectivity index (χ4n) is 6.33. The second-order valence-electron chi connectivity index (χ2n) is 12.2. The standard InChI is InChI=1S/C38H39N5O9/c1-24(45)14-19-31(47)52-34-33(50-23-49-25(2)46)30(20-44)51-37(34)43-22-41-32-35(39-21-40-36(32)43)42-38(26-10-6-4-7-11-26,27-12-8-5-9-13-27)28-15-17-29(48-3)18-16-28/h4-13,15-18,21-22,30,33-34,37,44H,14,19-20,23H2,1-3H3,(H,39,40,42)/t30-,33-,34-,37-/m1/s1. The largest absolute Gasteiger partial charge is 0.497 e. The number of rotatable bonds is 15. The van der Waals surface area contributed by atoms with Gasteiger partial charge in [-0.05, 0) is 35.7 Å². The number of ether oxygens (including phenoxy) is 5. The summed E-state index contributed by atoms with van der Waals surface area (Å²) in [4.78, 5) is 49.9. The Balaban J connectivity index is 1.44. The lowest BCUT2D eigenvalue weighted by molar-refractivity contribution is -0.176. The van der Waals surface area contributed by atoms with Crippen molar-refractivity contribution in [3.8, 4) is 5.75 Å². The minimum absolute atomic E-state index is 0.0193. The Morgan fingerprint density at radius 3 is 2.12 bits per heavy atom. The fraction of sp³-hybridized carbons (Fsp3) is 0.316. The highest BCUT2D eigenvalue weighted by molar-refractivity contribution is 5.84. The van der Waals surface area contributed by atoms with E-state index in [0.717, 1.165) is 16.7 Å². The maximum atomic E-state index is 13.0. The lowest BCUT2D eigenvalue weighted by Gasteiger charge is -2.37. The number of aliphatic hydroxyl groups excluding tert-OH is 1. The molecule has 3 heterocycles. The van der Waals surface area contributed by atoms with Gasteiger partial charge in [-0.25, -0.2) is 15.0 Å². The Morgan fingerprint density at radius 1 is 0.865 bits per heavy atom. The number of hydrogen-bond donors (Lipinski definition) is 2. The van der Waals surface area contributed by atoms with Crippen molar-refractivity contribution in [2.24, 2.45) is 0 Å². The van der Waals surface area contributed by atoms with E-state index in [1.165, 1.54) is 26.5 Å². The van der Waals surface area contributed by atoms with E-state index in [-0.39, 0.29) is 18.6 Å². The number of benzene rings is 3. The molecule has 14 heteroatoms. The van der Waals surface area contributed by atoms with E-state index < -0.39 is 55.4 Å². The van der Waals surface area contributed by atoms with Crippen LogP contribution in [0, 0.1) is 0 Å². The lowest BCUT2D eigenvalue weighted by atomic mass is 9.77. The summed E-state index contributed by atoms with van der Waals surface area (Å²) in [5.74, 6) is -0.348. The van der Waals surface area contributed by atoms with Gasteiger partial charge in [0.1, 0.15) is 35.6 Å². The van der Waals surface area contributed by atoms with Gasteiger partial charge in [-0.2, -0.15) is 0 Å². The van der Waals surface area contributed by atoms with Gasteiger partial charge in [-0.1, -0.05) is 72.8 Å². The van der Waals surface area contributed by atoms with Gasteiger partial charge in [-0.15, -0.1) is 0 Å². The molecule has 0 unspecified atom stereocenters. The van der Waals surface area contributed by atoms with Gasteiger partial charge in [-0.3, -0.25) is 14.2 Å². The summed E-state index contributed by atoms with van der Waals surface area (Å²) >= 11 is 0. The first-order chi connectivity index (χ1) is 25.2. The lowest BCUT2D eigenvalue weighted by Crippen LogP contribution is -2.40. The maximum absolute atomic E-state index is 13.0. The molecule has 4 atom stereocenters. The molecule has 1 saturated heterocycles. The number of nitrogens with zero attached hydrogens (tertiary/aromatic N) is 4. The number of fused-ring (bicyclic) bond motifs is 1. The van der Waals surface area contributed by atoms with E-state index >= 15 is 0 Å². The monoisotopic (exact) mass is 709 g/mol. The summed E-state index contributed by atoms with van der Waals surface area (Å²) in [6.45, 7) is 1.63. The van der Waals surface area contributed by atoms with Crippen molar-refractivity contribution in [2.45, 2.75) is 56.8 Å². The molecule has 52 heavy (non-hydrogen) atoms. The summed E-state index contributed by atoms with van der Waals surface area (Å²) in [7, 11) is 1.62. The van der Waals surface area contributed by atoms with Crippen molar-refractivity contribution in [1.29, 1.82) is 0 Å². The Hall–Kier alpha value is -5.70. The molecule has 5 aromatic rings. The molecule has 6 rings (SSSR count).